The first kappa shape index (κ1) is 13.0. The van der Waals surface area contributed by atoms with Crippen molar-refractivity contribution >= 4 is 18.2 Å². The van der Waals surface area contributed by atoms with Crippen molar-refractivity contribution in [3.8, 4) is 0 Å². The minimum absolute atomic E-state index is 0. The second-order valence-electron chi connectivity index (χ2n) is 1.93. The lowest BCUT2D eigenvalue weighted by atomic mass is 10.1. The van der Waals surface area contributed by atoms with Gasteiger partial charge in [-0.05, 0) is 0 Å². The average Bonchev–Trinajstić information content (AvgIpc) is 2.00. The number of halogens is 1. The van der Waals surface area contributed by atoms with Crippen LogP contribution in [0.1, 0.15) is 0 Å². The summed E-state index contributed by atoms with van der Waals surface area (Å²) in [5.41, 5.74) is 10.6. The van der Waals surface area contributed by atoms with Crippen LogP contribution in [0.3, 0.4) is 0 Å². The first-order chi connectivity index (χ1) is 4.63. The minimum Gasteiger partial charge on any atom is -0.318 e. The number of carbonyl (C=O) groups excluding carboxylic acids is 1. The minimum atomic E-state index is -0.673. The number of nitrogens with two attached hydrogens (primary N) is 2. The largest absolute Gasteiger partial charge is 0.318 e. The van der Waals surface area contributed by atoms with E-state index >= 15 is 0 Å². The number of hydrogen-bond donors (Lipinski definition) is 2. The van der Waals surface area contributed by atoms with Gasteiger partial charge in [-0.1, -0.05) is 12.2 Å². The van der Waals surface area contributed by atoms with Gasteiger partial charge >= 0.3 is 0 Å². The maximum Gasteiger partial charge on any atom is 0.173 e. The summed E-state index contributed by atoms with van der Waals surface area (Å²) in [4.78, 5) is 10.9. The van der Waals surface area contributed by atoms with Gasteiger partial charge in [0.2, 0.25) is 0 Å². The Morgan fingerprint density at radius 3 is 1.64 bits per heavy atom. The van der Waals surface area contributed by atoms with Crippen LogP contribution in [-0.4, -0.2) is 17.9 Å². The summed E-state index contributed by atoms with van der Waals surface area (Å²) in [6.45, 7) is 6.73. The van der Waals surface area contributed by atoms with Gasteiger partial charge in [0.1, 0.15) is 0 Å². The van der Waals surface area contributed by atoms with Crippen molar-refractivity contribution in [2.75, 3.05) is 0 Å². The molecule has 0 rings (SSSR count). The van der Waals surface area contributed by atoms with Gasteiger partial charge in [0.25, 0.3) is 0 Å². The van der Waals surface area contributed by atoms with Crippen LogP contribution in [0.4, 0.5) is 0 Å². The molecule has 3 nitrogen and oxygen atoms in total. The van der Waals surface area contributed by atoms with Crippen molar-refractivity contribution in [1.82, 2.24) is 0 Å². The van der Waals surface area contributed by atoms with Crippen LogP contribution in [0, 0.1) is 0 Å². The van der Waals surface area contributed by atoms with Gasteiger partial charge in [0, 0.05) is 0 Å². The van der Waals surface area contributed by atoms with E-state index in [1.807, 2.05) is 0 Å². The highest BCUT2D eigenvalue weighted by Crippen LogP contribution is 1.89. The molecule has 0 saturated heterocycles. The number of hydrogen-bond acceptors (Lipinski definition) is 3. The summed E-state index contributed by atoms with van der Waals surface area (Å²) in [7, 11) is 0. The first-order valence-corrected chi connectivity index (χ1v) is 2.93. The van der Waals surface area contributed by atoms with Gasteiger partial charge in [0.15, 0.2) is 5.78 Å². The van der Waals surface area contributed by atoms with Gasteiger partial charge in [-0.15, -0.1) is 25.6 Å². The Kier molecular flexibility index (Phi) is 7.20. The van der Waals surface area contributed by atoms with E-state index in [1.54, 1.807) is 0 Å². The monoisotopic (exact) mass is 176 g/mol. The third kappa shape index (κ3) is 3.93. The highest BCUT2D eigenvalue weighted by Gasteiger charge is 2.14. The molecule has 0 fully saturated rings. The zero-order valence-corrected chi connectivity index (χ0v) is 7.01. The van der Waals surface area contributed by atoms with Crippen LogP contribution in [0.2, 0.25) is 0 Å². The number of ketones is 1. The average molecular weight is 177 g/mol. The molecule has 4 N–H and O–H groups in total. The fourth-order valence-electron chi connectivity index (χ4n) is 0.455. The molecule has 0 saturated carbocycles. The van der Waals surface area contributed by atoms with Crippen LogP contribution in [0.5, 0.6) is 0 Å². The molecule has 0 aliphatic carbocycles. The summed E-state index contributed by atoms with van der Waals surface area (Å²) in [5, 5.41) is 0. The molecule has 2 atom stereocenters. The van der Waals surface area contributed by atoms with E-state index in [0.29, 0.717) is 0 Å². The summed E-state index contributed by atoms with van der Waals surface area (Å²) >= 11 is 0. The van der Waals surface area contributed by atoms with Crippen molar-refractivity contribution < 1.29 is 4.79 Å². The second kappa shape index (κ2) is 6.09. The zero-order chi connectivity index (χ0) is 8.15. The van der Waals surface area contributed by atoms with Crippen LogP contribution >= 0.6 is 12.4 Å². The van der Waals surface area contributed by atoms with Crippen LogP contribution < -0.4 is 11.5 Å². The Morgan fingerprint density at radius 1 is 1.18 bits per heavy atom. The van der Waals surface area contributed by atoms with Crippen molar-refractivity contribution in [3.63, 3.8) is 0 Å². The van der Waals surface area contributed by atoms with Gasteiger partial charge < -0.3 is 11.5 Å². The van der Waals surface area contributed by atoms with E-state index in [-0.39, 0.29) is 18.2 Å². The second-order valence-corrected chi connectivity index (χ2v) is 1.93. The third-order valence-corrected chi connectivity index (χ3v) is 1.16. The molecular formula is C7H13ClN2O. The molecule has 0 radical (unpaired) electrons. The van der Waals surface area contributed by atoms with Crippen molar-refractivity contribution in [2.24, 2.45) is 11.5 Å². The van der Waals surface area contributed by atoms with Gasteiger partial charge in [-0.3, -0.25) is 4.79 Å². The highest BCUT2D eigenvalue weighted by atomic mass is 35.5. The van der Waals surface area contributed by atoms with Crippen LogP contribution in [-0.2, 0) is 4.79 Å². The summed E-state index contributed by atoms with van der Waals surface area (Å²) in [6.07, 6.45) is 2.71. The molecule has 2 unspecified atom stereocenters. The molecule has 0 spiro atoms. The lowest BCUT2D eigenvalue weighted by Gasteiger charge is -2.07. The normalized spacial score (nSPS) is 14.0. The molecule has 11 heavy (non-hydrogen) atoms. The molecule has 64 valence electrons. The smallest absolute Gasteiger partial charge is 0.173 e. The van der Waals surface area contributed by atoms with Crippen LogP contribution in [0.25, 0.3) is 0 Å². The SMILES string of the molecule is C=CC(N)C(=O)C(N)C=C.Cl. The Labute approximate surface area is 72.5 Å². The Morgan fingerprint density at radius 2 is 1.45 bits per heavy atom. The quantitative estimate of drug-likeness (QED) is 0.593. The number of carbonyl (C=O) groups is 1. The summed E-state index contributed by atoms with van der Waals surface area (Å²) in [5.74, 6) is -0.259. The molecule has 4 heteroatoms. The topological polar surface area (TPSA) is 69.1 Å². The predicted molar refractivity (Wildman–Crippen MR) is 48.6 cm³/mol. The Hall–Kier alpha value is -0.640. The molecule has 0 aliphatic heterocycles. The lowest BCUT2D eigenvalue weighted by molar-refractivity contribution is -0.119. The maximum atomic E-state index is 10.9. The standard InChI is InChI=1S/C7H12N2O.ClH/c1-3-5(8)7(10)6(9)4-2;/h3-6H,1-2,8-9H2;1H. The molecule has 0 aliphatic rings. The molecule has 0 amide bonds. The number of rotatable bonds is 4. The summed E-state index contributed by atoms with van der Waals surface area (Å²) in [6, 6.07) is -1.35. The zero-order valence-electron chi connectivity index (χ0n) is 6.19. The van der Waals surface area contributed by atoms with Crippen molar-refractivity contribution in [3.05, 3.63) is 25.3 Å². The fourth-order valence-corrected chi connectivity index (χ4v) is 0.455. The first-order valence-electron chi connectivity index (χ1n) is 2.93. The van der Waals surface area contributed by atoms with E-state index < -0.39 is 12.1 Å². The van der Waals surface area contributed by atoms with E-state index in [1.165, 1.54) is 12.2 Å². The van der Waals surface area contributed by atoms with Gasteiger partial charge in [0.05, 0.1) is 12.1 Å². The molecule has 0 heterocycles. The van der Waals surface area contributed by atoms with Crippen molar-refractivity contribution in [1.29, 1.82) is 0 Å². The highest BCUT2D eigenvalue weighted by molar-refractivity contribution is 5.91. The van der Waals surface area contributed by atoms with Crippen LogP contribution in [0.15, 0.2) is 25.3 Å². The van der Waals surface area contributed by atoms with E-state index in [0.717, 1.165) is 0 Å². The molecule has 0 aromatic rings. The predicted octanol–water partition coefficient (Wildman–Crippen LogP) is 0.00390. The molecule has 0 aromatic heterocycles. The molecule has 0 bridgehead atoms. The Balaban J connectivity index is 0. The Bertz CT molecular complexity index is 143. The summed E-state index contributed by atoms with van der Waals surface area (Å²) < 4.78 is 0. The molecule has 0 aromatic carbocycles. The fraction of sp³-hybridized carbons (Fsp3) is 0.286. The lowest BCUT2D eigenvalue weighted by Crippen LogP contribution is -2.40. The number of Topliss-reactive ketones (excluding diaryl/α,β-unsaturated/α-hetero) is 1. The van der Waals surface area contributed by atoms with E-state index in [2.05, 4.69) is 13.2 Å². The third-order valence-electron chi connectivity index (χ3n) is 1.16. The van der Waals surface area contributed by atoms with Crippen molar-refractivity contribution in [2.45, 2.75) is 12.1 Å². The van der Waals surface area contributed by atoms with Gasteiger partial charge in [-0.25, -0.2) is 0 Å². The van der Waals surface area contributed by atoms with E-state index in [4.69, 9.17) is 11.5 Å². The van der Waals surface area contributed by atoms with E-state index in [9.17, 15) is 4.79 Å². The molecular weight excluding hydrogens is 164 g/mol. The maximum absolute atomic E-state index is 10.9. The van der Waals surface area contributed by atoms with Gasteiger partial charge in [-0.2, -0.15) is 0 Å².